The summed E-state index contributed by atoms with van der Waals surface area (Å²) in [6.07, 6.45) is 2.05. The summed E-state index contributed by atoms with van der Waals surface area (Å²) in [6, 6.07) is 9.35. The average molecular weight is 336 g/mol. The smallest absolute Gasteiger partial charge is 0.303 e. The average Bonchev–Trinajstić information content (AvgIpc) is 2.53. The number of carboxylic acid groups (broad SMARTS) is 3. The van der Waals surface area contributed by atoms with E-state index in [0.717, 1.165) is 5.56 Å². The number of carboxylic acids is 3. The van der Waals surface area contributed by atoms with Crippen LogP contribution in [0, 0.1) is 5.92 Å². The summed E-state index contributed by atoms with van der Waals surface area (Å²) < 4.78 is 0. The Hall–Kier alpha value is -2.37. The maximum atomic E-state index is 11.1. The molecule has 1 rings (SSSR count). The molecule has 0 aliphatic carbocycles. The minimum absolute atomic E-state index is 0.000774. The van der Waals surface area contributed by atoms with Gasteiger partial charge in [0.25, 0.3) is 0 Å². The van der Waals surface area contributed by atoms with Crippen LogP contribution in [-0.4, -0.2) is 33.2 Å². The van der Waals surface area contributed by atoms with Crippen molar-refractivity contribution in [2.45, 2.75) is 50.9 Å². The topological polar surface area (TPSA) is 112 Å². The Balaban J connectivity index is 2.68. The molecule has 0 spiro atoms. The third-order valence-electron chi connectivity index (χ3n) is 4.15. The summed E-state index contributed by atoms with van der Waals surface area (Å²) in [5, 5.41) is 26.7. The van der Waals surface area contributed by atoms with Crippen LogP contribution in [0.3, 0.4) is 0 Å². The highest BCUT2D eigenvalue weighted by atomic mass is 16.4. The predicted octanol–water partition coefficient (Wildman–Crippen LogP) is 3.37. The summed E-state index contributed by atoms with van der Waals surface area (Å²) in [6.45, 7) is 0. The molecule has 1 atom stereocenters. The van der Waals surface area contributed by atoms with Crippen molar-refractivity contribution in [2.75, 3.05) is 0 Å². The molecule has 24 heavy (non-hydrogen) atoms. The number of carbonyl (C=O) groups is 3. The molecular formula is C18H24O6. The number of rotatable bonds is 12. The van der Waals surface area contributed by atoms with Crippen molar-refractivity contribution in [2.24, 2.45) is 5.92 Å². The van der Waals surface area contributed by atoms with Gasteiger partial charge in [-0.05, 0) is 43.1 Å². The van der Waals surface area contributed by atoms with Crippen molar-refractivity contribution in [3.8, 4) is 0 Å². The molecule has 1 aromatic rings. The Morgan fingerprint density at radius 2 is 1.29 bits per heavy atom. The fourth-order valence-electron chi connectivity index (χ4n) is 2.85. The summed E-state index contributed by atoms with van der Waals surface area (Å²) in [4.78, 5) is 32.6. The second kappa shape index (κ2) is 10.4. The van der Waals surface area contributed by atoms with E-state index in [1.54, 1.807) is 0 Å². The SMILES string of the molecule is O=C(O)CCC(CCC(=O)O)CCC(CC(=O)O)c1ccccc1. The summed E-state index contributed by atoms with van der Waals surface area (Å²) in [5.74, 6) is -2.87. The zero-order valence-corrected chi connectivity index (χ0v) is 13.6. The van der Waals surface area contributed by atoms with E-state index in [1.165, 1.54) is 0 Å². The first-order chi connectivity index (χ1) is 11.4. The fourth-order valence-corrected chi connectivity index (χ4v) is 2.85. The quantitative estimate of drug-likeness (QED) is 0.539. The van der Waals surface area contributed by atoms with Crippen LogP contribution in [0.5, 0.6) is 0 Å². The van der Waals surface area contributed by atoms with Gasteiger partial charge in [-0.3, -0.25) is 14.4 Å². The minimum atomic E-state index is -0.902. The molecule has 0 heterocycles. The van der Waals surface area contributed by atoms with E-state index in [-0.39, 0.29) is 31.1 Å². The van der Waals surface area contributed by atoms with Gasteiger partial charge in [0.2, 0.25) is 0 Å². The largest absolute Gasteiger partial charge is 0.481 e. The van der Waals surface area contributed by atoms with Crippen LogP contribution in [0.2, 0.25) is 0 Å². The van der Waals surface area contributed by atoms with Gasteiger partial charge in [-0.2, -0.15) is 0 Å². The van der Waals surface area contributed by atoms with Crippen molar-refractivity contribution >= 4 is 17.9 Å². The molecule has 0 amide bonds. The van der Waals surface area contributed by atoms with Gasteiger partial charge >= 0.3 is 17.9 Å². The summed E-state index contributed by atoms with van der Waals surface area (Å²) in [5.41, 5.74) is 0.940. The van der Waals surface area contributed by atoms with E-state index in [4.69, 9.17) is 15.3 Å². The molecule has 1 unspecified atom stereocenters. The molecule has 0 aliphatic heterocycles. The molecule has 0 radical (unpaired) electrons. The molecule has 0 saturated carbocycles. The Morgan fingerprint density at radius 3 is 1.75 bits per heavy atom. The van der Waals surface area contributed by atoms with E-state index >= 15 is 0 Å². The Kier molecular flexibility index (Phi) is 8.54. The van der Waals surface area contributed by atoms with Crippen molar-refractivity contribution in [1.82, 2.24) is 0 Å². The third-order valence-corrected chi connectivity index (χ3v) is 4.15. The van der Waals surface area contributed by atoms with Gasteiger partial charge in [-0.15, -0.1) is 0 Å². The number of hydrogen-bond acceptors (Lipinski definition) is 3. The van der Waals surface area contributed by atoms with E-state index < -0.39 is 17.9 Å². The first-order valence-corrected chi connectivity index (χ1v) is 8.08. The molecule has 1 aromatic carbocycles. The van der Waals surface area contributed by atoms with Crippen LogP contribution in [0.25, 0.3) is 0 Å². The van der Waals surface area contributed by atoms with Gasteiger partial charge in [-0.1, -0.05) is 30.3 Å². The van der Waals surface area contributed by atoms with Crippen molar-refractivity contribution in [3.63, 3.8) is 0 Å². The Labute approximate surface area is 141 Å². The molecule has 0 saturated heterocycles. The summed E-state index contributed by atoms with van der Waals surface area (Å²) in [7, 11) is 0. The monoisotopic (exact) mass is 336 g/mol. The van der Waals surface area contributed by atoms with Crippen LogP contribution in [0.15, 0.2) is 30.3 Å². The molecular weight excluding hydrogens is 312 g/mol. The van der Waals surface area contributed by atoms with E-state index in [1.807, 2.05) is 30.3 Å². The normalized spacial score (nSPS) is 12.0. The minimum Gasteiger partial charge on any atom is -0.481 e. The van der Waals surface area contributed by atoms with Crippen molar-refractivity contribution < 1.29 is 29.7 Å². The molecule has 0 aromatic heterocycles. The van der Waals surface area contributed by atoms with Gasteiger partial charge in [0.15, 0.2) is 0 Å². The van der Waals surface area contributed by atoms with Gasteiger partial charge in [-0.25, -0.2) is 0 Å². The first-order valence-electron chi connectivity index (χ1n) is 8.08. The maximum absolute atomic E-state index is 11.1. The summed E-state index contributed by atoms with van der Waals surface area (Å²) >= 11 is 0. The number of benzene rings is 1. The predicted molar refractivity (Wildman–Crippen MR) is 87.9 cm³/mol. The van der Waals surface area contributed by atoms with Gasteiger partial charge < -0.3 is 15.3 Å². The van der Waals surface area contributed by atoms with E-state index in [0.29, 0.717) is 25.7 Å². The molecule has 0 bridgehead atoms. The molecule has 6 nitrogen and oxygen atoms in total. The van der Waals surface area contributed by atoms with Gasteiger partial charge in [0, 0.05) is 12.8 Å². The highest BCUT2D eigenvalue weighted by Gasteiger charge is 2.19. The van der Waals surface area contributed by atoms with Gasteiger partial charge in [0.1, 0.15) is 0 Å². The van der Waals surface area contributed by atoms with Crippen LogP contribution in [0.4, 0.5) is 0 Å². The van der Waals surface area contributed by atoms with Crippen LogP contribution >= 0.6 is 0 Å². The molecule has 3 N–H and O–H groups in total. The maximum Gasteiger partial charge on any atom is 0.303 e. The number of hydrogen-bond donors (Lipinski definition) is 3. The highest BCUT2D eigenvalue weighted by molar-refractivity contribution is 5.68. The lowest BCUT2D eigenvalue weighted by Gasteiger charge is -2.20. The van der Waals surface area contributed by atoms with Crippen LogP contribution in [0.1, 0.15) is 56.4 Å². The van der Waals surface area contributed by atoms with Crippen LogP contribution < -0.4 is 0 Å². The standard InChI is InChI=1S/C18H24O6/c19-16(20)10-7-13(8-11-17(21)22)6-9-15(12-18(23)24)14-4-2-1-3-5-14/h1-5,13,15H,6-12H2,(H,19,20)(H,21,22)(H,23,24). The van der Waals surface area contributed by atoms with E-state index in [2.05, 4.69) is 0 Å². The lowest BCUT2D eigenvalue weighted by atomic mass is 9.85. The second-order valence-electron chi connectivity index (χ2n) is 6.01. The third kappa shape index (κ3) is 8.31. The van der Waals surface area contributed by atoms with Crippen molar-refractivity contribution in [3.05, 3.63) is 35.9 Å². The fraction of sp³-hybridized carbons (Fsp3) is 0.500. The molecule has 132 valence electrons. The van der Waals surface area contributed by atoms with Gasteiger partial charge in [0.05, 0.1) is 6.42 Å². The molecule has 0 fully saturated rings. The lowest BCUT2D eigenvalue weighted by Crippen LogP contribution is -2.12. The Morgan fingerprint density at radius 1 is 0.750 bits per heavy atom. The van der Waals surface area contributed by atoms with Crippen molar-refractivity contribution in [1.29, 1.82) is 0 Å². The zero-order chi connectivity index (χ0) is 17.9. The lowest BCUT2D eigenvalue weighted by molar-refractivity contribution is -0.138. The second-order valence-corrected chi connectivity index (χ2v) is 6.01. The molecule has 0 aliphatic rings. The molecule has 6 heteroatoms. The first kappa shape index (κ1) is 19.7. The van der Waals surface area contributed by atoms with E-state index in [9.17, 15) is 14.4 Å². The highest BCUT2D eigenvalue weighted by Crippen LogP contribution is 2.29. The zero-order valence-electron chi connectivity index (χ0n) is 13.6. The Bertz CT molecular complexity index is 522. The number of aliphatic carboxylic acids is 3. The van der Waals surface area contributed by atoms with Crippen LogP contribution in [-0.2, 0) is 14.4 Å².